The van der Waals surface area contributed by atoms with Crippen molar-refractivity contribution in [2.24, 2.45) is 5.92 Å². The summed E-state index contributed by atoms with van der Waals surface area (Å²) in [5.74, 6) is -0.0128. The molecule has 1 aromatic heterocycles. The first-order valence-corrected chi connectivity index (χ1v) is 19.6. The van der Waals surface area contributed by atoms with Crippen LogP contribution in [-0.2, 0) is 24.8 Å². The molecule has 4 rings (SSSR count). The molecular weight excluding hydrogens is 679 g/mol. The highest BCUT2D eigenvalue weighted by molar-refractivity contribution is 7.94. The van der Waals surface area contributed by atoms with Gasteiger partial charge in [-0.05, 0) is 87.0 Å². The molecule has 48 heavy (non-hydrogen) atoms. The minimum Gasteiger partial charge on any atom is -0.497 e. The second-order valence-corrected chi connectivity index (χ2v) is 16.9. The van der Waals surface area contributed by atoms with Crippen molar-refractivity contribution in [2.75, 3.05) is 45.2 Å². The van der Waals surface area contributed by atoms with E-state index in [1.165, 1.54) is 47.6 Å². The van der Waals surface area contributed by atoms with Gasteiger partial charge in [-0.25, -0.2) is 16.8 Å². The average molecular weight is 724 g/mol. The zero-order valence-corrected chi connectivity index (χ0v) is 30.3. The van der Waals surface area contributed by atoms with Gasteiger partial charge < -0.3 is 24.2 Å². The van der Waals surface area contributed by atoms with Crippen LogP contribution in [0.5, 0.6) is 11.5 Å². The van der Waals surface area contributed by atoms with E-state index in [1.54, 1.807) is 42.6 Å². The van der Waals surface area contributed by atoms with E-state index in [1.807, 2.05) is 13.8 Å². The number of ether oxygens (including phenoxy) is 3. The standard InChI is InChI=1S/C33H45N3O9S3/c1-23-20-36(24(2)22-37)33(38)29-19-26(34-47(39,40)32-10-8-18-46-32)11-16-30(29)45-25(3)9-6-7-17-44-31(23)21-35(4)48(41,42)28-14-12-27(43-5)13-15-28/h8,10-16,18-19,23-25,31,34,37H,6-7,9,17,20-22H2,1-5H3/t23-,24-,25-,31-/m1/s1. The number of aliphatic hydroxyl groups is 1. The Morgan fingerprint density at radius 1 is 1.10 bits per heavy atom. The van der Waals surface area contributed by atoms with Crippen LogP contribution in [0.1, 0.15) is 50.4 Å². The van der Waals surface area contributed by atoms with Crippen LogP contribution < -0.4 is 14.2 Å². The fourth-order valence-corrected chi connectivity index (χ4v) is 8.58. The topological polar surface area (TPSA) is 152 Å². The van der Waals surface area contributed by atoms with Gasteiger partial charge in [-0.15, -0.1) is 11.3 Å². The molecule has 1 aliphatic rings. The Labute approximate surface area is 287 Å². The van der Waals surface area contributed by atoms with E-state index in [0.717, 1.165) is 17.8 Å². The number of rotatable bonds is 10. The molecule has 0 saturated heterocycles. The summed E-state index contributed by atoms with van der Waals surface area (Å²) in [4.78, 5) is 15.9. The van der Waals surface area contributed by atoms with Gasteiger partial charge in [0, 0.05) is 38.3 Å². The van der Waals surface area contributed by atoms with Gasteiger partial charge in [0.2, 0.25) is 10.0 Å². The van der Waals surface area contributed by atoms with Crippen molar-refractivity contribution in [3.8, 4) is 11.5 Å². The van der Waals surface area contributed by atoms with Crippen LogP contribution in [0, 0.1) is 5.92 Å². The Morgan fingerprint density at radius 2 is 1.83 bits per heavy atom. The average Bonchev–Trinajstić information content (AvgIpc) is 3.62. The Hall–Kier alpha value is -3.21. The van der Waals surface area contributed by atoms with Gasteiger partial charge in [0.15, 0.2) is 0 Å². The number of carbonyl (C=O) groups is 1. The monoisotopic (exact) mass is 723 g/mol. The third kappa shape index (κ3) is 9.27. The van der Waals surface area contributed by atoms with Gasteiger partial charge in [0.1, 0.15) is 15.7 Å². The largest absolute Gasteiger partial charge is 0.497 e. The molecule has 0 aliphatic carbocycles. The van der Waals surface area contributed by atoms with Gasteiger partial charge in [-0.1, -0.05) is 13.0 Å². The van der Waals surface area contributed by atoms with Crippen molar-refractivity contribution < 1.29 is 40.9 Å². The lowest BCUT2D eigenvalue weighted by atomic mass is 10.0. The molecule has 1 amide bonds. The van der Waals surface area contributed by atoms with E-state index in [-0.39, 0.29) is 52.1 Å². The van der Waals surface area contributed by atoms with Crippen LogP contribution in [0.15, 0.2) is 69.1 Å². The molecule has 15 heteroatoms. The maximum atomic E-state index is 14.3. The summed E-state index contributed by atoms with van der Waals surface area (Å²) in [7, 11) is -4.76. The first kappa shape index (κ1) is 37.6. The molecule has 0 spiro atoms. The summed E-state index contributed by atoms with van der Waals surface area (Å²) in [6, 6.07) is 13.2. The molecule has 12 nitrogen and oxygen atoms in total. The molecule has 2 N–H and O–H groups in total. The van der Waals surface area contributed by atoms with Crippen LogP contribution in [0.25, 0.3) is 0 Å². The van der Waals surface area contributed by atoms with Gasteiger partial charge in [-0.3, -0.25) is 9.52 Å². The maximum absolute atomic E-state index is 14.3. The summed E-state index contributed by atoms with van der Waals surface area (Å²) in [5.41, 5.74) is 0.318. The first-order chi connectivity index (χ1) is 22.8. The number of nitrogens with one attached hydrogen (secondary N) is 1. The Balaban J connectivity index is 1.66. The number of carbonyl (C=O) groups excluding carboxylic acids is 1. The van der Waals surface area contributed by atoms with Gasteiger partial charge >= 0.3 is 0 Å². The molecule has 2 aromatic carbocycles. The Morgan fingerprint density at radius 3 is 2.48 bits per heavy atom. The smallest absolute Gasteiger partial charge is 0.271 e. The van der Waals surface area contributed by atoms with E-state index in [0.29, 0.717) is 30.9 Å². The zero-order chi connectivity index (χ0) is 35.1. The van der Waals surface area contributed by atoms with Crippen LogP contribution in [0.2, 0.25) is 0 Å². The number of methoxy groups -OCH3 is 1. The summed E-state index contributed by atoms with van der Waals surface area (Å²) >= 11 is 1.08. The van der Waals surface area contributed by atoms with E-state index in [2.05, 4.69) is 4.72 Å². The highest BCUT2D eigenvalue weighted by Gasteiger charge is 2.32. The highest BCUT2D eigenvalue weighted by Crippen LogP contribution is 2.30. The number of thiophene rings is 1. The van der Waals surface area contributed by atoms with Crippen molar-refractivity contribution in [1.82, 2.24) is 9.21 Å². The predicted octanol–water partition coefficient (Wildman–Crippen LogP) is 4.67. The molecule has 2 heterocycles. The maximum Gasteiger partial charge on any atom is 0.271 e. The number of amides is 1. The lowest BCUT2D eigenvalue weighted by molar-refractivity contribution is -0.00833. The number of fused-ring (bicyclic) bond motifs is 1. The molecule has 0 fully saturated rings. The number of anilines is 1. The normalized spacial score (nSPS) is 20.8. The van der Waals surface area contributed by atoms with E-state index in [9.17, 15) is 26.7 Å². The fraction of sp³-hybridized carbons (Fsp3) is 0.485. The zero-order valence-electron chi connectivity index (χ0n) is 27.9. The Bertz CT molecular complexity index is 1720. The molecule has 0 unspecified atom stereocenters. The van der Waals surface area contributed by atoms with Crippen molar-refractivity contribution in [3.05, 3.63) is 65.5 Å². The minimum atomic E-state index is -3.89. The summed E-state index contributed by atoms with van der Waals surface area (Å²) in [6.07, 6.45) is 1.26. The number of aliphatic hydroxyl groups excluding tert-OH is 1. The van der Waals surface area contributed by atoms with E-state index in [4.69, 9.17) is 14.2 Å². The number of hydrogen-bond acceptors (Lipinski definition) is 10. The molecule has 0 radical (unpaired) electrons. The van der Waals surface area contributed by atoms with Crippen molar-refractivity contribution >= 4 is 43.0 Å². The molecule has 1 aliphatic heterocycles. The molecule has 3 aromatic rings. The molecule has 0 bridgehead atoms. The number of likely N-dealkylation sites (N-methyl/N-ethyl adjacent to an activating group) is 1. The number of hydrogen-bond donors (Lipinski definition) is 2. The third-order valence-corrected chi connectivity index (χ3v) is 12.9. The second-order valence-electron chi connectivity index (χ2n) is 12.0. The quantitative estimate of drug-likeness (QED) is 0.304. The van der Waals surface area contributed by atoms with Crippen molar-refractivity contribution in [1.29, 1.82) is 0 Å². The lowest BCUT2D eigenvalue weighted by Crippen LogP contribution is -2.48. The number of nitrogens with zero attached hydrogens (tertiary/aromatic N) is 2. The first-order valence-electron chi connectivity index (χ1n) is 15.8. The molecule has 264 valence electrons. The highest BCUT2D eigenvalue weighted by atomic mass is 32.2. The lowest BCUT2D eigenvalue weighted by Gasteiger charge is -2.35. The van der Waals surface area contributed by atoms with Gasteiger partial charge in [0.25, 0.3) is 15.9 Å². The number of sulfonamides is 2. The van der Waals surface area contributed by atoms with Crippen LogP contribution in [0.4, 0.5) is 5.69 Å². The van der Waals surface area contributed by atoms with Gasteiger partial charge in [-0.2, -0.15) is 4.31 Å². The van der Waals surface area contributed by atoms with Crippen LogP contribution >= 0.6 is 11.3 Å². The summed E-state index contributed by atoms with van der Waals surface area (Å²) in [6.45, 7) is 5.65. The number of benzene rings is 2. The van der Waals surface area contributed by atoms with Crippen molar-refractivity contribution in [3.63, 3.8) is 0 Å². The second kappa shape index (κ2) is 16.5. The van der Waals surface area contributed by atoms with Crippen LogP contribution in [0.3, 0.4) is 0 Å². The summed E-state index contributed by atoms with van der Waals surface area (Å²) < 4.78 is 74.6. The van der Waals surface area contributed by atoms with E-state index >= 15 is 0 Å². The predicted molar refractivity (Wildman–Crippen MR) is 185 cm³/mol. The fourth-order valence-electron chi connectivity index (χ4n) is 5.35. The minimum absolute atomic E-state index is 0.0236. The van der Waals surface area contributed by atoms with Gasteiger partial charge in [0.05, 0.1) is 42.4 Å². The molecular formula is C33H45N3O9S3. The third-order valence-electron chi connectivity index (χ3n) is 8.27. The molecule has 0 saturated carbocycles. The summed E-state index contributed by atoms with van der Waals surface area (Å²) in [5, 5.41) is 11.9. The van der Waals surface area contributed by atoms with Crippen molar-refractivity contribution in [2.45, 2.75) is 67.4 Å². The molecule has 4 atom stereocenters. The van der Waals surface area contributed by atoms with E-state index < -0.39 is 38.1 Å². The van der Waals surface area contributed by atoms with Crippen LogP contribution in [-0.4, -0.2) is 95.8 Å². The Kier molecular flexibility index (Phi) is 12.9. The SMILES string of the molecule is COc1ccc(S(=O)(=O)N(C)C[C@H]2OCCCC[C@@H](C)Oc3ccc(NS(=O)(=O)c4cccs4)cc3C(=O)N([C@H](C)CO)C[C@H]2C)cc1.